The third kappa shape index (κ3) is 4.49. The Balaban J connectivity index is 2.35. The van der Waals surface area contributed by atoms with Crippen molar-refractivity contribution in [3.8, 4) is 0 Å². The standard InChI is InChI=1S/C10H17N3O2/c1-7-5-8(13-15-7)11-6-9(14)12-10(2,3)4/h5H,6H2,1-4H3,(H,11,13)(H,12,14). The van der Waals surface area contributed by atoms with Crippen LogP contribution >= 0.6 is 0 Å². The third-order valence-electron chi connectivity index (χ3n) is 1.57. The van der Waals surface area contributed by atoms with Crippen LogP contribution < -0.4 is 10.6 Å². The van der Waals surface area contributed by atoms with Crippen molar-refractivity contribution in [2.24, 2.45) is 0 Å². The predicted octanol–water partition coefficient (Wildman–Crippen LogP) is 1.31. The molecule has 15 heavy (non-hydrogen) atoms. The molecule has 0 unspecified atom stereocenters. The first-order valence-corrected chi connectivity index (χ1v) is 4.85. The zero-order valence-corrected chi connectivity index (χ0v) is 9.55. The molecular weight excluding hydrogens is 194 g/mol. The van der Waals surface area contributed by atoms with Crippen molar-refractivity contribution in [3.63, 3.8) is 0 Å². The van der Waals surface area contributed by atoms with E-state index < -0.39 is 0 Å². The SMILES string of the molecule is Cc1cc(NCC(=O)NC(C)(C)C)no1. The van der Waals surface area contributed by atoms with Crippen molar-refractivity contribution >= 4 is 11.7 Å². The van der Waals surface area contributed by atoms with Crippen LogP contribution in [0, 0.1) is 6.92 Å². The minimum absolute atomic E-state index is 0.0665. The highest BCUT2D eigenvalue weighted by molar-refractivity contribution is 5.80. The largest absolute Gasteiger partial charge is 0.360 e. The Morgan fingerprint density at radius 2 is 2.20 bits per heavy atom. The maximum atomic E-state index is 11.4. The molecule has 1 aromatic rings. The lowest BCUT2D eigenvalue weighted by Gasteiger charge is -2.20. The smallest absolute Gasteiger partial charge is 0.239 e. The van der Waals surface area contributed by atoms with Crippen molar-refractivity contribution < 1.29 is 9.32 Å². The molecule has 0 saturated heterocycles. The summed E-state index contributed by atoms with van der Waals surface area (Å²) in [5, 5.41) is 9.43. The molecule has 0 aliphatic heterocycles. The van der Waals surface area contributed by atoms with E-state index in [1.54, 1.807) is 13.0 Å². The molecule has 2 N–H and O–H groups in total. The van der Waals surface area contributed by atoms with Gasteiger partial charge in [0, 0.05) is 11.6 Å². The Labute approximate surface area is 89.2 Å². The van der Waals surface area contributed by atoms with E-state index in [9.17, 15) is 4.79 Å². The average molecular weight is 211 g/mol. The summed E-state index contributed by atoms with van der Waals surface area (Å²) in [4.78, 5) is 11.4. The normalized spacial score (nSPS) is 11.2. The Hall–Kier alpha value is -1.52. The maximum absolute atomic E-state index is 11.4. The summed E-state index contributed by atoms with van der Waals surface area (Å²) < 4.78 is 4.85. The molecule has 84 valence electrons. The minimum Gasteiger partial charge on any atom is -0.360 e. The quantitative estimate of drug-likeness (QED) is 0.791. The summed E-state index contributed by atoms with van der Waals surface area (Å²) in [6.45, 7) is 7.80. The molecule has 5 nitrogen and oxygen atoms in total. The van der Waals surface area contributed by atoms with E-state index in [0.717, 1.165) is 0 Å². The molecule has 0 aliphatic rings. The van der Waals surface area contributed by atoms with Gasteiger partial charge in [-0.2, -0.15) is 0 Å². The second-order valence-electron chi connectivity index (χ2n) is 4.47. The van der Waals surface area contributed by atoms with E-state index in [2.05, 4.69) is 15.8 Å². The van der Waals surface area contributed by atoms with Crippen LogP contribution in [0.3, 0.4) is 0 Å². The number of hydrogen-bond donors (Lipinski definition) is 2. The number of nitrogens with zero attached hydrogens (tertiary/aromatic N) is 1. The fourth-order valence-corrected chi connectivity index (χ4v) is 1.08. The Bertz CT molecular complexity index is 339. The van der Waals surface area contributed by atoms with E-state index in [-0.39, 0.29) is 18.0 Å². The van der Waals surface area contributed by atoms with E-state index in [0.29, 0.717) is 11.6 Å². The van der Waals surface area contributed by atoms with Gasteiger partial charge in [-0.3, -0.25) is 4.79 Å². The van der Waals surface area contributed by atoms with Crippen LogP contribution in [0.15, 0.2) is 10.6 Å². The lowest BCUT2D eigenvalue weighted by atomic mass is 10.1. The Kier molecular flexibility index (Phi) is 3.34. The molecule has 1 amide bonds. The highest BCUT2D eigenvalue weighted by atomic mass is 16.5. The molecule has 0 bridgehead atoms. The lowest BCUT2D eigenvalue weighted by Crippen LogP contribution is -2.43. The molecule has 1 rings (SSSR count). The Morgan fingerprint density at radius 1 is 1.53 bits per heavy atom. The first kappa shape index (κ1) is 11.6. The van der Waals surface area contributed by atoms with Gasteiger partial charge in [-0.15, -0.1) is 0 Å². The van der Waals surface area contributed by atoms with Gasteiger partial charge in [0.25, 0.3) is 0 Å². The zero-order chi connectivity index (χ0) is 11.5. The van der Waals surface area contributed by atoms with Gasteiger partial charge in [0.2, 0.25) is 5.91 Å². The van der Waals surface area contributed by atoms with Gasteiger partial charge in [0.15, 0.2) is 5.82 Å². The number of nitrogens with one attached hydrogen (secondary N) is 2. The fourth-order valence-electron chi connectivity index (χ4n) is 1.08. The first-order chi connectivity index (χ1) is 6.87. The molecule has 0 aromatic carbocycles. The molecule has 0 atom stereocenters. The van der Waals surface area contributed by atoms with Crippen LogP contribution in [0.25, 0.3) is 0 Å². The van der Waals surface area contributed by atoms with E-state index in [4.69, 9.17) is 4.52 Å². The van der Waals surface area contributed by atoms with Gasteiger partial charge in [0.05, 0.1) is 6.54 Å². The summed E-state index contributed by atoms with van der Waals surface area (Å²) in [5.41, 5.74) is -0.210. The van der Waals surface area contributed by atoms with Crippen molar-refractivity contribution in [3.05, 3.63) is 11.8 Å². The predicted molar refractivity (Wildman–Crippen MR) is 57.6 cm³/mol. The third-order valence-corrected chi connectivity index (χ3v) is 1.57. The second kappa shape index (κ2) is 4.33. The van der Waals surface area contributed by atoms with E-state index in [1.807, 2.05) is 20.8 Å². The number of carbonyl (C=O) groups excluding carboxylic acids is 1. The van der Waals surface area contributed by atoms with E-state index >= 15 is 0 Å². The Morgan fingerprint density at radius 3 is 2.67 bits per heavy atom. The summed E-state index contributed by atoms with van der Waals surface area (Å²) in [5.74, 6) is 1.23. The van der Waals surface area contributed by atoms with Gasteiger partial charge in [-0.1, -0.05) is 5.16 Å². The molecule has 0 radical (unpaired) electrons. The topological polar surface area (TPSA) is 67.2 Å². The molecule has 1 heterocycles. The van der Waals surface area contributed by atoms with Crippen molar-refractivity contribution in [1.29, 1.82) is 0 Å². The minimum atomic E-state index is -0.210. The van der Waals surface area contributed by atoms with Crippen LogP contribution in [0.5, 0.6) is 0 Å². The molecule has 5 heteroatoms. The molecule has 0 saturated carbocycles. The summed E-state index contributed by atoms with van der Waals surface area (Å²) in [6, 6.07) is 1.74. The van der Waals surface area contributed by atoms with Crippen LogP contribution in [0.4, 0.5) is 5.82 Å². The van der Waals surface area contributed by atoms with Crippen LogP contribution in [0.2, 0.25) is 0 Å². The number of aromatic nitrogens is 1. The first-order valence-electron chi connectivity index (χ1n) is 4.85. The summed E-state index contributed by atoms with van der Waals surface area (Å²) in [7, 11) is 0. The number of amides is 1. The molecule has 0 aliphatic carbocycles. The second-order valence-corrected chi connectivity index (χ2v) is 4.47. The number of aryl methyl sites for hydroxylation is 1. The fraction of sp³-hybridized carbons (Fsp3) is 0.600. The van der Waals surface area contributed by atoms with Crippen LogP contribution in [-0.4, -0.2) is 23.1 Å². The number of hydrogen-bond acceptors (Lipinski definition) is 4. The van der Waals surface area contributed by atoms with Crippen molar-refractivity contribution in [1.82, 2.24) is 10.5 Å². The van der Waals surface area contributed by atoms with Crippen molar-refractivity contribution in [2.75, 3.05) is 11.9 Å². The van der Waals surface area contributed by atoms with Gasteiger partial charge in [-0.05, 0) is 27.7 Å². The number of carbonyl (C=O) groups is 1. The van der Waals surface area contributed by atoms with Crippen LogP contribution in [-0.2, 0) is 4.79 Å². The van der Waals surface area contributed by atoms with Gasteiger partial charge in [0.1, 0.15) is 5.76 Å². The molecule has 0 fully saturated rings. The average Bonchev–Trinajstić information content (AvgIpc) is 2.45. The van der Waals surface area contributed by atoms with Crippen LogP contribution in [0.1, 0.15) is 26.5 Å². The highest BCUT2D eigenvalue weighted by Gasteiger charge is 2.13. The maximum Gasteiger partial charge on any atom is 0.239 e. The zero-order valence-electron chi connectivity index (χ0n) is 9.55. The van der Waals surface area contributed by atoms with Gasteiger partial charge >= 0.3 is 0 Å². The highest BCUT2D eigenvalue weighted by Crippen LogP contribution is 2.06. The van der Waals surface area contributed by atoms with E-state index in [1.165, 1.54) is 0 Å². The lowest BCUT2D eigenvalue weighted by molar-refractivity contribution is -0.120. The summed E-state index contributed by atoms with van der Waals surface area (Å²) in [6.07, 6.45) is 0. The van der Waals surface area contributed by atoms with Gasteiger partial charge < -0.3 is 15.2 Å². The number of anilines is 1. The molecule has 1 aromatic heterocycles. The molecule has 0 spiro atoms. The number of rotatable bonds is 3. The van der Waals surface area contributed by atoms with Crippen molar-refractivity contribution in [2.45, 2.75) is 33.2 Å². The molecular formula is C10H17N3O2. The monoisotopic (exact) mass is 211 g/mol. The summed E-state index contributed by atoms with van der Waals surface area (Å²) >= 11 is 0. The van der Waals surface area contributed by atoms with Gasteiger partial charge in [-0.25, -0.2) is 0 Å².